The molecule has 0 aliphatic heterocycles. The Hall–Kier alpha value is -3.29. The van der Waals surface area contributed by atoms with E-state index in [0.717, 1.165) is 11.6 Å². The Labute approximate surface area is 160 Å². The van der Waals surface area contributed by atoms with E-state index in [1.54, 1.807) is 24.5 Å². The minimum atomic E-state index is -1.02. The molecule has 0 saturated heterocycles. The number of hydrogen-bond acceptors (Lipinski definition) is 4. The molecule has 8 heteroatoms. The summed E-state index contributed by atoms with van der Waals surface area (Å²) in [5.41, 5.74) is 1.86. The molecule has 6 nitrogen and oxygen atoms in total. The number of benzene rings is 2. The van der Waals surface area contributed by atoms with Crippen molar-refractivity contribution in [2.24, 2.45) is 7.05 Å². The first-order chi connectivity index (χ1) is 13.4. The second-order valence-electron chi connectivity index (χ2n) is 6.32. The zero-order valence-electron chi connectivity index (χ0n) is 15.5. The van der Waals surface area contributed by atoms with Crippen LogP contribution in [-0.2, 0) is 23.1 Å². The summed E-state index contributed by atoms with van der Waals surface area (Å²) in [6.45, 7) is -0.179. The normalized spacial score (nSPS) is 10.9. The summed E-state index contributed by atoms with van der Waals surface area (Å²) in [6.07, 6.45) is 1.57. The number of amides is 1. The molecule has 3 rings (SSSR count). The van der Waals surface area contributed by atoms with Crippen molar-refractivity contribution in [3.8, 4) is 0 Å². The molecular weight excluding hydrogens is 368 g/mol. The number of ether oxygens (including phenoxy) is 1. The molecule has 0 atom stereocenters. The summed E-state index contributed by atoms with van der Waals surface area (Å²) in [4.78, 5) is 30.1. The van der Waals surface area contributed by atoms with Gasteiger partial charge in [-0.3, -0.25) is 9.59 Å². The van der Waals surface area contributed by atoms with E-state index in [1.807, 2.05) is 11.6 Å². The maximum Gasteiger partial charge on any atom is 0.307 e. The monoisotopic (exact) mass is 387 g/mol. The van der Waals surface area contributed by atoms with Gasteiger partial charge in [-0.2, -0.15) is 0 Å². The molecule has 1 aromatic heterocycles. The number of rotatable bonds is 6. The minimum absolute atomic E-state index is 0.00170. The Balaban J connectivity index is 1.90. The number of methoxy groups -OCH3 is 1. The zero-order chi connectivity index (χ0) is 20.3. The number of esters is 1. The van der Waals surface area contributed by atoms with Crippen LogP contribution in [-0.4, -0.2) is 40.0 Å². The first-order valence-electron chi connectivity index (χ1n) is 8.60. The number of aryl methyl sites for hydroxylation is 1. The lowest BCUT2D eigenvalue weighted by molar-refractivity contribution is -0.140. The quantitative estimate of drug-likeness (QED) is 0.610. The van der Waals surface area contributed by atoms with Gasteiger partial charge < -0.3 is 14.2 Å². The van der Waals surface area contributed by atoms with Gasteiger partial charge in [0.05, 0.1) is 30.9 Å². The fourth-order valence-corrected chi connectivity index (χ4v) is 2.91. The highest BCUT2D eigenvalue weighted by atomic mass is 19.2. The molecule has 0 saturated carbocycles. The molecule has 1 heterocycles. The van der Waals surface area contributed by atoms with Crippen molar-refractivity contribution in [3.63, 3.8) is 0 Å². The average molecular weight is 387 g/mol. The zero-order valence-corrected chi connectivity index (χ0v) is 15.5. The SMILES string of the molecule is COC(=O)CCN(Cc1cccc(F)c1F)C(=O)c1ccc2c(c1)ncn2C. The van der Waals surface area contributed by atoms with Crippen LogP contribution in [0.3, 0.4) is 0 Å². The third-order valence-electron chi connectivity index (χ3n) is 4.47. The van der Waals surface area contributed by atoms with Gasteiger partial charge in [0.25, 0.3) is 5.91 Å². The lowest BCUT2D eigenvalue weighted by Crippen LogP contribution is -2.33. The maximum absolute atomic E-state index is 14.1. The van der Waals surface area contributed by atoms with Crippen molar-refractivity contribution in [2.45, 2.75) is 13.0 Å². The van der Waals surface area contributed by atoms with E-state index in [4.69, 9.17) is 0 Å². The molecule has 0 fully saturated rings. The summed E-state index contributed by atoms with van der Waals surface area (Å²) < 4.78 is 34.1. The van der Waals surface area contributed by atoms with Crippen LogP contribution in [0.15, 0.2) is 42.7 Å². The minimum Gasteiger partial charge on any atom is -0.469 e. The van der Waals surface area contributed by atoms with Crippen LogP contribution >= 0.6 is 0 Å². The fourth-order valence-electron chi connectivity index (χ4n) is 2.91. The molecule has 0 bridgehead atoms. The first kappa shape index (κ1) is 19.5. The molecule has 0 unspecified atom stereocenters. The smallest absolute Gasteiger partial charge is 0.307 e. The summed E-state index contributed by atoms with van der Waals surface area (Å²) in [5, 5.41) is 0. The van der Waals surface area contributed by atoms with Gasteiger partial charge in [0, 0.05) is 31.3 Å². The number of aromatic nitrogens is 2. The van der Waals surface area contributed by atoms with Crippen LogP contribution < -0.4 is 0 Å². The van der Waals surface area contributed by atoms with E-state index in [-0.39, 0.29) is 25.1 Å². The third-order valence-corrected chi connectivity index (χ3v) is 4.47. The Kier molecular flexibility index (Phi) is 5.67. The van der Waals surface area contributed by atoms with Gasteiger partial charge >= 0.3 is 5.97 Å². The summed E-state index contributed by atoms with van der Waals surface area (Å²) in [6, 6.07) is 8.81. The third kappa shape index (κ3) is 4.00. The molecule has 0 aliphatic carbocycles. The highest BCUT2D eigenvalue weighted by Crippen LogP contribution is 2.19. The first-order valence-corrected chi connectivity index (χ1v) is 8.60. The summed E-state index contributed by atoms with van der Waals surface area (Å²) in [7, 11) is 3.09. The topological polar surface area (TPSA) is 64.4 Å². The second-order valence-corrected chi connectivity index (χ2v) is 6.32. The molecule has 28 heavy (non-hydrogen) atoms. The Bertz CT molecular complexity index is 1030. The van der Waals surface area contributed by atoms with Gasteiger partial charge in [-0.25, -0.2) is 13.8 Å². The van der Waals surface area contributed by atoms with Crippen molar-refractivity contribution in [1.29, 1.82) is 0 Å². The van der Waals surface area contributed by atoms with E-state index in [1.165, 1.54) is 24.1 Å². The molecule has 0 radical (unpaired) electrons. The van der Waals surface area contributed by atoms with Crippen LogP contribution in [0.1, 0.15) is 22.3 Å². The second kappa shape index (κ2) is 8.16. The number of nitrogens with zero attached hydrogens (tertiary/aromatic N) is 3. The van der Waals surface area contributed by atoms with Crippen LogP contribution in [0, 0.1) is 11.6 Å². The highest BCUT2D eigenvalue weighted by molar-refractivity contribution is 5.97. The number of halogens is 2. The van der Waals surface area contributed by atoms with Crippen molar-refractivity contribution >= 4 is 22.9 Å². The Morgan fingerprint density at radius 3 is 2.75 bits per heavy atom. The van der Waals surface area contributed by atoms with Gasteiger partial charge in [-0.1, -0.05) is 12.1 Å². The fraction of sp³-hybridized carbons (Fsp3) is 0.250. The van der Waals surface area contributed by atoms with E-state index in [9.17, 15) is 18.4 Å². The van der Waals surface area contributed by atoms with Crippen molar-refractivity contribution in [3.05, 3.63) is 65.5 Å². The molecular formula is C20H19F2N3O3. The molecule has 3 aromatic rings. The van der Waals surface area contributed by atoms with E-state index in [2.05, 4.69) is 9.72 Å². The van der Waals surface area contributed by atoms with E-state index < -0.39 is 23.5 Å². The lowest BCUT2D eigenvalue weighted by Gasteiger charge is -2.23. The van der Waals surface area contributed by atoms with Crippen LogP contribution in [0.2, 0.25) is 0 Å². The number of carbonyl (C=O) groups excluding carboxylic acids is 2. The largest absolute Gasteiger partial charge is 0.469 e. The highest BCUT2D eigenvalue weighted by Gasteiger charge is 2.21. The number of fused-ring (bicyclic) bond motifs is 1. The average Bonchev–Trinajstić information content (AvgIpc) is 3.07. The van der Waals surface area contributed by atoms with Crippen molar-refractivity contribution in [2.75, 3.05) is 13.7 Å². The predicted molar refractivity (Wildman–Crippen MR) is 98.4 cm³/mol. The molecule has 146 valence electrons. The predicted octanol–water partition coefficient (Wildman–Crippen LogP) is 3.06. The van der Waals surface area contributed by atoms with Gasteiger partial charge in [0.1, 0.15) is 0 Å². The van der Waals surface area contributed by atoms with Crippen molar-refractivity contribution in [1.82, 2.24) is 14.5 Å². The van der Waals surface area contributed by atoms with Gasteiger partial charge in [0.15, 0.2) is 11.6 Å². The van der Waals surface area contributed by atoms with Gasteiger partial charge in [0.2, 0.25) is 0 Å². The molecule has 0 aliphatic rings. The molecule has 2 aromatic carbocycles. The van der Waals surface area contributed by atoms with E-state index in [0.29, 0.717) is 11.1 Å². The molecule has 0 N–H and O–H groups in total. The number of imidazole rings is 1. The maximum atomic E-state index is 14.1. The molecule has 0 spiro atoms. The Morgan fingerprint density at radius 2 is 2.00 bits per heavy atom. The number of hydrogen-bond donors (Lipinski definition) is 0. The van der Waals surface area contributed by atoms with Gasteiger partial charge in [-0.05, 0) is 24.3 Å². The van der Waals surface area contributed by atoms with Gasteiger partial charge in [-0.15, -0.1) is 0 Å². The Morgan fingerprint density at radius 1 is 1.21 bits per heavy atom. The van der Waals surface area contributed by atoms with Crippen LogP contribution in [0.5, 0.6) is 0 Å². The lowest BCUT2D eigenvalue weighted by atomic mass is 10.1. The standard InChI is InChI=1S/C20H19F2N3O3/c1-24-12-23-16-10-13(6-7-17(16)24)20(27)25(9-8-18(26)28-2)11-14-4-3-5-15(21)19(14)22/h3-7,10,12H,8-9,11H2,1-2H3. The van der Waals surface area contributed by atoms with Crippen molar-refractivity contribution < 1.29 is 23.1 Å². The van der Waals surface area contributed by atoms with Crippen LogP contribution in [0.25, 0.3) is 11.0 Å². The summed E-state index contributed by atoms with van der Waals surface area (Å²) >= 11 is 0. The van der Waals surface area contributed by atoms with Crippen LogP contribution in [0.4, 0.5) is 8.78 Å². The van der Waals surface area contributed by atoms with E-state index >= 15 is 0 Å². The summed E-state index contributed by atoms with van der Waals surface area (Å²) in [5.74, 6) is -2.93. The number of carbonyl (C=O) groups is 2. The molecule has 1 amide bonds.